The fourth-order valence-electron chi connectivity index (χ4n) is 6.63. The average Bonchev–Trinajstić information content (AvgIpc) is 3.27. The van der Waals surface area contributed by atoms with Crippen molar-refractivity contribution in [3.63, 3.8) is 0 Å². The number of ether oxygens (including phenoxy) is 2. The van der Waals surface area contributed by atoms with Gasteiger partial charge in [0.15, 0.2) is 5.76 Å². The molecular weight excluding hydrogens is 404 g/mol. The molecule has 1 unspecified atom stereocenters. The molecule has 0 bridgehead atoms. The van der Waals surface area contributed by atoms with Crippen LogP contribution in [0.5, 0.6) is 0 Å². The molecule has 1 N–H and O–H groups in total. The predicted molar refractivity (Wildman–Crippen MR) is 105 cm³/mol. The van der Waals surface area contributed by atoms with Crippen LogP contribution in [0.3, 0.4) is 0 Å². The van der Waals surface area contributed by atoms with Crippen molar-refractivity contribution in [2.75, 3.05) is 13.7 Å². The molecule has 3 aliphatic carbocycles. The Morgan fingerprint density at radius 1 is 1.29 bits per heavy atom. The van der Waals surface area contributed by atoms with Gasteiger partial charge in [0.2, 0.25) is 5.78 Å². The lowest BCUT2D eigenvalue weighted by molar-refractivity contribution is -0.139. The molecule has 0 amide bonds. The van der Waals surface area contributed by atoms with Gasteiger partial charge in [-0.3, -0.25) is 14.4 Å². The van der Waals surface area contributed by atoms with E-state index < -0.39 is 34.8 Å². The van der Waals surface area contributed by atoms with Crippen LogP contribution < -0.4 is 0 Å². The number of methoxy groups -OCH3 is 1. The molecule has 1 fully saturated rings. The normalized spacial score (nSPS) is 36.1. The van der Waals surface area contributed by atoms with E-state index in [9.17, 15) is 24.3 Å². The van der Waals surface area contributed by atoms with Crippen LogP contribution in [0.2, 0.25) is 0 Å². The lowest BCUT2D eigenvalue weighted by Crippen LogP contribution is -2.55. The molecule has 8 nitrogen and oxygen atoms in total. The smallest absolute Gasteiger partial charge is 0.342 e. The molecule has 164 valence electrons. The van der Waals surface area contributed by atoms with Gasteiger partial charge in [0.25, 0.3) is 0 Å². The molecule has 0 aromatic carbocycles. The van der Waals surface area contributed by atoms with Gasteiger partial charge in [0.1, 0.15) is 23.7 Å². The molecule has 31 heavy (non-hydrogen) atoms. The van der Waals surface area contributed by atoms with Crippen LogP contribution in [0.25, 0.3) is 0 Å². The van der Waals surface area contributed by atoms with Crippen molar-refractivity contribution in [2.24, 2.45) is 17.3 Å². The maximum Gasteiger partial charge on any atom is 0.342 e. The predicted octanol–water partition coefficient (Wildman–Crippen LogP) is 2.70. The van der Waals surface area contributed by atoms with E-state index in [1.54, 1.807) is 0 Å². The third kappa shape index (κ3) is 2.39. The second-order valence-electron chi connectivity index (χ2n) is 9.49. The highest BCUT2D eigenvalue weighted by atomic mass is 16.6. The average molecular weight is 428 g/mol. The monoisotopic (exact) mass is 428 g/mol. The largest absolute Gasteiger partial charge is 0.481 e. The zero-order chi connectivity index (χ0) is 22.3. The summed E-state index contributed by atoms with van der Waals surface area (Å²) in [6.07, 6.45) is 1.52. The summed E-state index contributed by atoms with van der Waals surface area (Å²) in [5.41, 5.74) is 0.0212. The molecule has 5 rings (SSSR count). The highest BCUT2D eigenvalue weighted by Gasteiger charge is 2.63. The number of carbonyl (C=O) groups excluding carboxylic acids is 3. The fraction of sp³-hybridized carbons (Fsp3) is 0.565. The summed E-state index contributed by atoms with van der Waals surface area (Å²) < 4.78 is 16.7. The Balaban J connectivity index is 1.82. The second kappa shape index (κ2) is 6.38. The van der Waals surface area contributed by atoms with Crippen LogP contribution in [-0.4, -0.2) is 48.4 Å². The maximum absolute atomic E-state index is 13.7. The molecule has 8 heteroatoms. The van der Waals surface area contributed by atoms with Gasteiger partial charge in [-0.2, -0.15) is 0 Å². The second-order valence-corrected chi connectivity index (χ2v) is 9.49. The van der Waals surface area contributed by atoms with Crippen LogP contribution in [0.4, 0.5) is 0 Å². The van der Waals surface area contributed by atoms with E-state index in [1.807, 2.05) is 13.8 Å². The first-order chi connectivity index (χ1) is 14.6. The number of aliphatic carboxylic acids is 1. The Bertz CT molecular complexity index is 1080. The number of hydrogen-bond acceptors (Lipinski definition) is 7. The van der Waals surface area contributed by atoms with Gasteiger partial charge < -0.3 is 19.0 Å². The van der Waals surface area contributed by atoms with Gasteiger partial charge in [-0.15, -0.1) is 0 Å². The number of carboxylic acids is 1. The molecule has 0 saturated heterocycles. The van der Waals surface area contributed by atoms with Crippen molar-refractivity contribution >= 4 is 23.5 Å². The quantitative estimate of drug-likeness (QED) is 0.727. The summed E-state index contributed by atoms with van der Waals surface area (Å²) in [5, 5.41) is 9.67. The number of cyclic esters (lactones) is 1. The standard InChI is InChI=1S/C23H24O8/c1-22-7-10(6-15(25)26)17-16(12(22)4-5-13(22)24)19(27)20-18-11(8-30-20)21(28)31-14(9-29-3)23(17,18)2/h8,10,12,14H,4-7,9H2,1-3H3,(H,25,26)/t10-,12?,14-,22+,23-/m1/s1. The summed E-state index contributed by atoms with van der Waals surface area (Å²) in [5.74, 6) is -2.65. The van der Waals surface area contributed by atoms with Crippen molar-refractivity contribution in [1.82, 2.24) is 0 Å². The van der Waals surface area contributed by atoms with Crippen LogP contribution in [-0.2, 0) is 24.5 Å². The van der Waals surface area contributed by atoms with Crippen LogP contribution >= 0.6 is 0 Å². The number of carboxylic acid groups (broad SMARTS) is 1. The summed E-state index contributed by atoms with van der Waals surface area (Å²) in [4.78, 5) is 51.0. The molecule has 1 aromatic heterocycles. The first-order valence-electron chi connectivity index (χ1n) is 10.5. The molecule has 4 aliphatic rings. The Hall–Kier alpha value is -2.74. The Kier molecular flexibility index (Phi) is 4.16. The van der Waals surface area contributed by atoms with E-state index in [0.29, 0.717) is 36.0 Å². The van der Waals surface area contributed by atoms with Gasteiger partial charge in [-0.25, -0.2) is 4.79 Å². The van der Waals surface area contributed by atoms with E-state index in [0.717, 1.165) is 0 Å². The minimum absolute atomic E-state index is 0.0619. The van der Waals surface area contributed by atoms with Gasteiger partial charge in [0.05, 0.1) is 18.4 Å². The van der Waals surface area contributed by atoms with Gasteiger partial charge in [-0.1, -0.05) is 6.92 Å². The Labute approximate surface area is 178 Å². The van der Waals surface area contributed by atoms with Crippen LogP contribution in [0.1, 0.15) is 66.0 Å². The fourth-order valence-corrected chi connectivity index (χ4v) is 6.63. The number of ketones is 2. The van der Waals surface area contributed by atoms with E-state index in [1.165, 1.54) is 13.4 Å². The minimum Gasteiger partial charge on any atom is -0.481 e. The Morgan fingerprint density at radius 3 is 2.71 bits per heavy atom. The summed E-state index contributed by atoms with van der Waals surface area (Å²) in [6, 6.07) is 0. The third-order valence-electron chi connectivity index (χ3n) is 7.96. The number of fused-ring (bicyclic) bond motifs is 3. The lowest BCUT2D eigenvalue weighted by Gasteiger charge is -2.52. The Morgan fingerprint density at radius 2 is 2.03 bits per heavy atom. The van der Waals surface area contributed by atoms with E-state index in [-0.39, 0.29) is 41.8 Å². The number of Topliss-reactive ketones (excluding diaryl/α,β-unsaturated/α-hetero) is 2. The number of rotatable bonds is 4. The van der Waals surface area contributed by atoms with Crippen molar-refractivity contribution in [3.8, 4) is 0 Å². The van der Waals surface area contributed by atoms with Crippen molar-refractivity contribution in [1.29, 1.82) is 0 Å². The maximum atomic E-state index is 13.7. The van der Waals surface area contributed by atoms with Crippen LogP contribution in [0, 0.1) is 17.3 Å². The van der Waals surface area contributed by atoms with E-state index in [4.69, 9.17) is 13.9 Å². The number of allylic oxidation sites excluding steroid dienone is 1. The lowest BCUT2D eigenvalue weighted by atomic mass is 9.51. The van der Waals surface area contributed by atoms with Gasteiger partial charge >= 0.3 is 11.9 Å². The van der Waals surface area contributed by atoms with Crippen LogP contribution in [0.15, 0.2) is 21.8 Å². The van der Waals surface area contributed by atoms with E-state index in [2.05, 4.69) is 0 Å². The summed E-state index contributed by atoms with van der Waals surface area (Å²) in [7, 11) is 1.49. The molecular formula is C23H24O8. The molecule has 1 saturated carbocycles. The summed E-state index contributed by atoms with van der Waals surface area (Å²) >= 11 is 0. The number of esters is 1. The van der Waals surface area contributed by atoms with E-state index >= 15 is 0 Å². The SMILES string of the molecule is COC[C@H]1OC(=O)c2coc3c2[C@@]1(C)C1=C(C3=O)C2CCC(=O)[C@@]2(C)C[C@H]1CC(=O)O. The van der Waals surface area contributed by atoms with Crippen molar-refractivity contribution in [3.05, 3.63) is 34.3 Å². The van der Waals surface area contributed by atoms with Crippen molar-refractivity contribution in [2.45, 2.75) is 51.0 Å². The number of hydrogen-bond donors (Lipinski definition) is 1. The highest BCUT2D eigenvalue weighted by Crippen LogP contribution is 2.62. The molecule has 2 heterocycles. The summed E-state index contributed by atoms with van der Waals surface area (Å²) in [6.45, 7) is 3.80. The van der Waals surface area contributed by atoms with Gasteiger partial charge in [0, 0.05) is 36.0 Å². The zero-order valence-electron chi connectivity index (χ0n) is 17.6. The number of carbonyl (C=O) groups is 4. The number of furan rings is 1. The first-order valence-corrected chi connectivity index (χ1v) is 10.5. The highest BCUT2D eigenvalue weighted by molar-refractivity contribution is 6.14. The molecule has 1 aromatic rings. The van der Waals surface area contributed by atoms with Gasteiger partial charge in [-0.05, 0) is 31.3 Å². The topological polar surface area (TPSA) is 120 Å². The first kappa shape index (κ1) is 20.2. The zero-order valence-corrected chi connectivity index (χ0v) is 17.6. The minimum atomic E-state index is -1.00. The molecule has 1 aliphatic heterocycles. The van der Waals surface area contributed by atoms with Crippen molar-refractivity contribution < 1.29 is 38.2 Å². The molecule has 0 spiro atoms. The molecule has 5 atom stereocenters. The molecule has 0 radical (unpaired) electrons. The third-order valence-corrected chi connectivity index (χ3v) is 7.96.